The lowest BCUT2D eigenvalue weighted by Crippen LogP contribution is -2.10. The molecule has 0 saturated heterocycles. The maximum atomic E-state index is 6.38. The van der Waals surface area contributed by atoms with Crippen molar-refractivity contribution in [3.8, 4) is 33.4 Å². The first-order valence-electron chi connectivity index (χ1n) is 17.7. The van der Waals surface area contributed by atoms with Gasteiger partial charge >= 0.3 is 0 Å². The summed E-state index contributed by atoms with van der Waals surface area (Å²) in [7, 11) is 0. The Morgan fingerprint density at radius 3 is 1.50 bits per heavy atom. The van der Waals surface area contributed by atoms with Gasteiger partial charge in [0, 0.05) is 33.9 Å². The molecule has 0 saturated carbocycles. The number of hydrogen-bond acceptors (Lipinski definition) is 2. The van der Waals surface area contributed by atoms with E-state index < -0.39 is 0 Å². The molecule has 2 heteroatoms. The van der Waals surface area contributed by atoms with Gasteiger partial charge in [-0.15, -0.1) is 0 Å². The van der Waals surface area contributed by atoms with Crippen LogP contribution in [0, 0.1) is 0 Å². The Hall–Kier alpha value is -6.90. The third-order valence-corrected chi connectivity index (χ3v) is 10.2. The molecule has 2 nitrogen and oxygen atoms in total. The summed E-state index contributed by atoms with van der Waals surface area (Å²) in [5.74, 6) is 0. The van der Waals surface area contributed by atoms with E-state index in [1.54, 1.807) is 0 Å². The Bertz CT molecular complexity index is 2910. The second-order valence-electron chi connectivity index (χ2n) is 13.4. The van der Waals surface area contributed by atoms with Crippen LogP contribution in [0.4, 0.5) is 17.1 Å². The molecular formula is C50H33NO. The fourth-order valence-electron chi connectivity index (χ4n) is 7.54. The average Bonchev–Trinajstić information content (AvgIpc) is 3.59. The van der Waals surface area contributed by atoms with Crippen LogP contribution in [0.25, 0.3) is 76.9 Å². The molecule has 0 fully saturated rings. The SMILES string of the molecule is c1ccc(-c2cccc(N(c3ccc4ccc(-c5ccc6cc(-c7ccccc7)ccc6c5)cc4c3)c3ccc4c(c3)oc3ccccc34)c2)cc1. The number of fused-ring (bicyclic) bond motifs is 5. The molecule has 10 rings (SSSR count). The predicted octanol–water partition coefficient (Wildman–Crippen LogP) is 14.4. The van der Waals surface area contributed by atoms with E-state index in [-0.39, 0.29) is 0 Å². The smallest absolute Gasteiger partial charge is 0.137 e. The second-order valence-corrected chi connectivity index (χ2v) is 13.4. The first-order chi connectivity index (χ1) is 25.7. The first-order valence-corrected chi connectivity index (χ1v) is 17.7. The van der Waals surface area contributed by atoms with Crippen LogP contribution in [0.1, 0.15) is 0 Å². The van der Waals surface area contributed by atoms with Crippen LogP contribution in [0.3, 0.4) is 0 Å². The van der Waals surface area contributed by atoms with Gasteiger partial charge < -0.3 is 9.32 Å². The van der Waals surface area contributed by atoms with Gasteiger partial charge in [0.25, 0.3) is 0 Å². The van der Waals surface area contributed by atoms with Crippen molar-refractivity contribution >= 4 is 60.5 Å². The molecule has 1 heterocycles. The number of nitrogens with zero attached hydrogens (tertiary/aromatic N) is 1. The number of anilines is 3. The van der Waals surface area contributed by atoms with Crippen molar-refractivity contribution in [1.29, 1.82) is 0 Å². The molecule has 0 amide bonds. The highest BCUT2D eigenvalue weighted by atomic mass is 16.3. The van der Waals surface area contributed by atoms with Crippen LogP contribution < -0.4 is 4.90 Å². The highest BCUT2D eigenvalue weighted by Crippen LogP contribution is 2.41. The lowest BCUT2D eigenvalue weighted by atomic mass is 9.96. The van der Waals surface area contributed by atoms with E-state index in [9.17, 15) is 0 Å². The minimum Gasteiger partial charge on any atom is -0.456 e. The molecule has 0 N–H and O–H groups in total. The average molecular weight is 664 g/mol. The van der Waals surface area contributed by atoms with Gasteiger partial charge in [0.05, 0.1) is 0 Å². The fourth-order valence-corrected chi connectivity index (χ4v) is 7.54. The standard InChI is InChI=1S/C50H33NO/c1-3-10-34(11-4-1)37-14-9-15-44(31-37)51(46-26-27-48-47-16-7-8-17-49(47)52-50(48)33-46)45-25-24-36-18-19-42(30-43(36)32-45)41-23-22-39-28-38(20-21-40(39)29-41)35-12-5-2-6-13-35/h1-33H. The summed E-state index contributed by atoms with van der Waals surface area (Å²) >= 11 is 0. The maximum Gasteiger partial charge on any atom is 0.137 e. The highest BCUT2D eigenvalue weighted by molar-refractivity contribution is 6.06. The van der Waals surface area contributed by atoms with Crippen molar-refractivity contribution in [3.05, 3.63) is 200 Å². The fraction of sp³-hybridized carbons (Fsp3) is 0. The van der Waals surface area contributed by atoms with Crippen LogP contribution in [-0.4, -0.2) is 0 Å². The number of para-hydroxylation sites is 1. The van der Waals surface area contributed by atoms with E-state index in [4.69, 9.17) is 4.42 Å². The van der Waals surface area contributed by atoms with Gasteiger partial charge in [-0.2, -0.15) is 0 Å². The van der Waals surface area contributed by atoms with Gasteiger partial charge in [0.1, 0.15) is 11.2 Å². The van der Waals surface area contributed by atoms with E-state index in [0.717, 1.165) is 39.0 Å². The van der Waals surface area contributed by atoms with Crippen LogP contribution in [0.2, 0.25) is 0 Å². The van der Waals surface area contributed by atoms with Gasteiger partial charge in [-0.05, 0) is 116 Å². The van der Waals surface area contributed by atoms with Gasteiger partial charge in [0.15, 0.2) is 0 Å². The molecule has 0 radical (unpaired) electrons. The van der Waals surface area contributed by atoms with Crippen LogP contribution in [0.15, 0.2) is 205 Å². The minimum absolute atomic E-state index is 0.873. The molecule has 10 aromatic rings. The van der Waals surface area contributed by atoms with Crippen molar-refractivity contribution in [2.24, 2.45) is 0 Å². The lowest BCUT2D eigenvalue weighted by molar-refractivity contribution is 0.669. The molecule has 0 aliphatic carbocycles. The largest absolute Gasteiger partial charge is 0.456 e. The normalized spacial score (nSPS) is 11.5. The van der Waals surface area contributed by atoms with Gasteiger partial charge in [0.2, 0.25) is 0 Å². The summed E-state index contributed by atoms with van der Waals surface area (Å²) in [5, 5.41) is 7.10. The van der Waals surface area contributed by atoms with E-state index in [0.29, 0.717) is 0 Å². The van der Waals surface area contributed by atoms with E-state index in [1.165, 1.54) is 54.9 Å². The Kier molecular flexibility index (Phi) is 7.18. The molecular weight excluding hydrogens is 631 g/mol. The molecule has 52 heavy (non-hydrogen) atoms. The molecule has 9 aromatic carbocycles. The molecule has 0 bridgehead atoms. The Morgan fingerprint density at radius 2 is 0.769 bits per heavy atom. The van der Waals surface area contributed by atoms with Crippen LogP contribution in [-0.2, 0) is 0 Å². The number of benzene rings is 9. The third-order valence-electron chi connectivity index (χ3n) is 10.2. The molecule has 1 aromatic heterocycles. The van der Waals surface area contributed by atoms with E-state index in [1.807, 2.05) is 12.1 Å². The first kappa shape index (κ1) is 30.0. The zero-order valence-electron chi connectivity index (χ0n) is 28.4. The molecule has 0 aliphatic rings. The lowest BCUT2D eigenvalue weighted by Gasteiger charge is -2.26. The summed E-state index contributed by atoms with van der Waals surface area (Å²) in [6.45, 7) is 0. The number of furan rings is 1. The summed E-state index contributed by atoms with van der Waals surface area (Å²) in [6, 6.07) is 71.8. The monoisotopic (exact) mass is 663 g/mol. The highest BCUT2D eigenvalue weighted by Gasteiger charge is 2.17. The third kappa shape index (κ3) is 5.39. The van der Waals surface area contributed by atoms with E-state index >= 15 is 0 Å². The van der Waals surface area contributed by atoms with Crippen LogP contribution >= 0.6 is 0 Å². The summed E-state index contributed by atoms with van der Waals surface area (Å²) in [6.07, 6.45) is 0. The number of rotatable bonds is 6. The summed E-state index contributed by atoms with van der Waals surface area (Å²) in [4.78, 5) is 2.34. The van der Waals surface area contributed by atoms with Gasteiger partial charge in [-0.25, -0.2) is 0 Å². The topological polar surface area (TPSA) is 16.4 Å². The quantitative estimate of drug-likeness (QED) is 0.176. The van der Waals surface area contributed by atoms with Crippen molar-refractivity contribution in [2.45, 2.75) is 0 Å². The van der Waals surface area contributed by atoms with Crippen molar-refractivity contribution in [3.63, 3.8) is 0 Å². The summed E-state index contributed by atoms with van der Waals surface area (Å²) < 4.78 is 6.38. The van der Waals surface area contributed by atoms with Crippen LogP contribution in [0.5, 0.6) is 0 Å². The molecule has 244 valence electrons. The minimum atomic E-state index is 0.873. The van der Waals surface area contributed by atoms with Crippen molar-refractivity contribution in [1.82, 2.24) is 0 Å². The zero-order chi connectivity index (χ0) is 34.4. The molecule has 0 aliphatic heterocycles. The zero-order valence-corrected chi connectivity index (χ0v) is 28.4. The van der Waals surface area contributed by atoms with Crippen molar-refractivity contribution < 1.29 is 4.42 Å². The van der Waals surface area contributed by atoms with Gasteiger partial charge in [-0.1, -0.05) is 133 Å². The molecule has 0 atom stereocenters. The number of hydrogen-bond donors (Lipinski definition) is 0. The van der Waals surface area contributed by atoms with Gasteiger partial charge in [-0.3, -0.25) is 0 Å². The van der Waals surface area contributed by atoms with Crippen molar-refractivity contribution in [2.75, 3.05) is 4.90 Å². The van der Waals surface area contributed by atoms with E-state index in [2.05, 4.69) is 193 Å². The molecule has 0 spiro atoms. The summed E-state index contributed by atoms with van der Waals surface area (Å²) in [5.41, 5.74) is 12.2. The second kappa shape index (κ2) is 12.5. The molecule has 0 unspecified atom stereocenters. The maximum absolute atomic E-state index is 6.38. The predicted molar refractivity (Wildman–Crippen MR) is 220 cm³/mol. The Balaban J connectivity index is 1.08. The Morgan fingerprint density at radius 1 is 0.269 bits per heavy atom. The Labute approximate surface area is 302 Å².